The molecular weight excluding hydrogens is 685 g/mol. The fraction of sp³-hybridized carbons (Fsp3) is 0.379. The number of aromatic nitrogens is 3. The van der Waals surface area contributed by atoms with E-state index in [1.165, 1.54) is 29.2 Å². The zero-order valence-electron chi connectivity index (χ0n) is 26.6. The first kappa shape index (κ1) is 35.5. The molecule has 0 saturated carbocycles. The Kier molecular flexibility index (Phi) is 8.43. The molecule has 2 aliphatic rings. The number of halogens is 2. The fourth-order valence-electron chi connectivity index (χ4n) is 6.03. The SMILES string of the molecule is BC1(O)N(CC(=O)N2CC(O)C2)C(O)(O)C(O)(O)N(c2cc3c(N(C)c4nc(-c5ccc(F)cc5)c(C#N)s4)c(CC)nn3cc2F)C1(O)O. The third kappa shape index (κ3) is 5.20. The van der Waals surface area contributed by atoms with Crippen molar-refractivity contribution in [3.63, 3.8) is 0 Å². The Labute approximate surface area is 286 Å². The minimum atomic E-state index is -4.24. The van der Waals surface area contributed by atoms with Gasteiger partial charge in [-0.2, -0.15) is 10.4 Å². The lowest BCUT2D eigenvalue weighted by Gasteiger charge is -2.63. The van der Waals surface area contributed by atoms with Gasteiger partial charge in [0.15, 0.2) is 24.4 Å². The van der Waals surface area contributed by atoms with Gasteiger partial charge in [-0.15, -0.1) is 0 Å². The Balaban J connectivity index is 1.46. The number of likely N-dealkylation sites (tertiary alicyclic amines) is 1. The molecular formula is C29H31BF2N8O9S. The maximum absolute atomic E-state index is 15.9. The van der Waals surface area contributed by atoms with Crippen LogP contribution in [0.2, 0.25) is 0 Å². The minimum Gasteiger partial charge on any atom is -0.389 e. The second-order valence-electron chi connectivity index (χ2n) is 12.1. The number of aliphatic hydroxyl groups excluding tert-OH is 1. The summed E-state index contributed by atoms with van der Waals surface area (Å²) in [6, 6.07) is 8.25. The number of hydrogen-bond acceptors (Lipinski definition) is 16. The van der Waals surface area contributed by atoms with Crippen LogP contribution in [0, 0.1) is 23.0 Å². The van der Waals surface area contributed by atoms with E-state index in [0.717, 1.165) is 33.0 Å². The molecule has 264 valence electrons. The Morgan fingerprint density at radius 3 is 2.32 bits per heavy atom. The average molecular weight is 716 g/mol. The third-order valence-corrected chi connectivity index (χ3v) is 9.93. The second kappa shape index (κ2) is 11.9. The summed E-state index contributed by atoms with van der Waals surface area (Å²) in [5.74, 6) is -15.1. The lowest BCUT2D eigenvalue weighted by Crippen LogP contribution is -2.91. The van der Waals surface area contributed by atoms with E-state index in [1.54, 1.807) is 14.0 Å². The molecule has 1 aromatic carbocycles. The van der Waals surface area contributed by atoms with Gasteiger partial charge in [-0.25, -0.2) is 23.2 Å². The molecule has 0 radical (unpaired) electrons. The first-order chi connectivity index (χ1) is 23.3. The van der Waals surface area contributed by atoms with E-state index in [-0.39, 0.29) is 56.2 Å². The molecule has 0 bridgehead atoms. The molecule has 50 heavy (non-hydrogen) atoms. The number of nitrogens with zero attached hydrogens (tertiary/aromatic N) is 8. The molecule has 1 unspecified atom stereocenters. The van der Waals surface area contributed by atoms with Gasteiger partial charge in [-0.1, -0.05) is 18.3 Å². The molecule has 0 spiro atoms. The number of nitriles is 1. The number of aryl methyl sites for hydroxylation is 1. The molecule has 0 aliphatic carbocycles. The van der Waals surface area contributed by atoms with Gasteiger partial charge in [0.25, 0.3) is 5.91 Å². The van der Waals surface area contributed by atoms with Gasteiger partial charge in [-0.3, -0.25) is 9.69 Å². The van der Waals surface area contributed by atoms with E-state index < -0.39 is 59.2 Å². The molecule has 2 aliphatic heterocycles. The third-order valence-electron chi connectivity index (χ3n) is 8.90. The van der Waals surface area contributed by atoms with Gasteiger partial charge in [0.05, 0.1) is 41.4 Å². The monoisotopic (exact) mass is 716 g/mol. The van der Waals surface area contributed by atoms with Crippen LogP contribution in [-0.2, 0) is 11.2 Å². The van der Waals surface area contributed by atoms with Gasteiger partial charge in [0.2, 0.25) is 5.91 Å². The predicted octanol–water partition coefficient (Wildman–Crippen LogP) is -2.54. The van der Waals surface area contributed by atoms with E-state index >= 15 is 4.39 Å². The van der Waals surface area contributed by atoms with Crippen LogP contribution in [0.1, 0.15) is 17.5 Å². The molecule has 4 aromatic rings. The number of benzene rings is 1. The van der Waals surface area contributed by atoms with Crippen molar-refractivity contribution in [2.75, 3.05) is 36.5 Å². The van der Waals surface area contributed by atoms with Crippen LogP contribution in [0.3, 0.4) is 0 Å². The standard InChI is InChI=1S/C29H31BF2N8O9S/c1-3-18-24(36(2)25-34-23(21(9-33)50-25)14-4-6-15(31)7-5-14)20-8-19(17(32)12-38(20)35-18)40-27(44,45)26(30,43)39(28(46,47)29(40,48)49)13-22(42)37-10-16(41)11-37/h4-8,12,16,41,43-49H,3,10-11,13,30H2,1-2H3. The molecule has 1 amide bonds. The number of carbonyl (C=O) groups excluding carboxylic acids is 1. The highest BCUT2D eigenvalue weighted by Crippen LogP contribution is 2.48. The summed E-state index contributed by atoms with van der Waals surface area (Å²) < 4.78 is 30.5. The highest BCUT2D eigenvalue weighted by molar-refractivity contribution is 7.16. The maximum Gasteiger partial charge on any atom is 0.324 e. The number of anilines is 3. The van der Waals surface area contributed by atoms with Crippen molar-refractivity contribution >= 4 is 47.1 Å². The molecule has 3 aromatic heterocycles. The fourth-order valence-corrected chi connectivity index (χ4v) is 6.89. The summed E-state index contributed by atoms with van der Waals surface area (Å²) in [6.07, 6.45) is 0.114. The van der Waals surface area contributed by atoms with Crippen LogP contribution in [0.15, 0.2) is 36.5 Å². The lowest BCUT2D eigenvalue weighted by molar-refractivity contribution is -0.494. The first-order valence-corrected chi connectivity index (χ1v) is 15.8. The van der Waals surface area contributed by atoms with Gasteiger partial charge in [0, 0.05) is 25.7 Å². The Morgan fingerprint density at radius 1 is 1.10 bits per heavy atom. The van der Waals surface area contributed by atoms with Gasteiger partial charge >= 0.3 is 11.8 Å². The maximum atomic E-state index is 15.9. The molecule has 1 atom stereocenters. The van der Waals surface area contributed by atoms with Crippen molar-refractivity contribution in [1.82, 2.24) is 24.4 Å². The van der Waals surface area contributed by atoms with E-state index in [9.17, 15) is 55.3 Å². The first-order valence-electron chi connectivity index (χ1n) is 15.0. The number of β-amino-alcohol motifs (C(OH)–C–C–N with tert-alkyl or cyclic N) is 1. The average Bonchev–Trinajstić information content (AvgIpc) is 3.62. The van der Waals surface area contributed by atoms with Gasteiger partial charge < -0.3 is 50.7 Å². The van der Waals surface area contributed by atoms with Crippen LogP contribution >= 0.6 is 11.3 Å². The van der Waals surface area contributed by atoms with Crippen LogP contribution in [0.4, 0.5) is 25.3 Å². The van der Waals surface area contributed by atoms with Crippen LogP contribution < -0.4 is 9.80 Å². The molecule has 6 rings (SSSR count). The molecule has 2 saturated heterocycles. The van der Waals surface area contributed by atoms with E-state index in [2.05, 4.69) is 16.2 Å². The number of thiazole rings is 1. The molecule has 17 nitrogen and oxygen atoms in total. The van der Waals surface area contributed by atoms with Crippen molar-refractivity contribution in [2.24, 2.45) is 0 Å². The largest absolute Gasteiger partial charge is 0.389 e. The van der Waals surface area contributed by atoms with Crippen molar-refractivity contribution in [3.05, 3.63) is 58.7 Å². The number of carbonyl (C=O) groups is 1. The summed E-state index contributed by atoms with van der Waals surface area (Å²) in [5, 5.41) is 102. The summed E-state index contributed by atoms with van der Waals surface area (Å²) in [7, 11) is 2.16. The second-order valence-corrected chi connectivity index (χ2v) is 13.1. The number of pyridine rings is 1. The minimum absolute atomic E-state index is 0.0144. The summed E-state index contributed by atoms with van der Waals surface area (Å²) in [4.78, 5) is 19.6. The number of piperazine rings is 1. The lowest BCUT2D eigenvalue weighted by atomic mass is 9.80. The number of fused-ring (bicyclic) bond motifs is 1. The molecule has 2 fully saturated rings. The zero-order chi connectivity index (χ0) is 36.7. The highest BCUT2D eigenvalue weighted by atomic mass is 32.1. The van der Waals surface area contributed by atoms with E-state index in [4.69, 9.17) is 0 Å². The van der Waals surface area contributed by atoms with Crippen molar-refractivity contribution in [1.29, 1.82) is 5.26 Å². The molecule has 8 N–H and O–H groups in total. The zero-order valence-corrected chi connectivity index (χ0v) is 27.4. The van der Waals surface area contributed by atoms with Crippen LogP contribution in [0.25, 0.3) is 16.8 Å². The van der Waals surface area contributed by atoms with Crippen molar-refractivity contribution < 1.29 is 54.4 Å². The number of aliphatic hydroxyl groups is 8. The normalized spacial score (nSPS) is 21.7. The van der Waals surface area contributed by atoms with Gasteiger partial charge in [0.1, 0.15) is 22.5 Å². The smallest absolute Gasteiger partial charge is 0.324 e. The molecule has 21 heteroatoms. The summed E-state index contributed by atoms with van der Waals surface area (Å²) in [6.45, 7) is 0.198. The van der Waals surface area contributed by atoms with Crippen molar-refractivity contribution in [2.45, 2.75) is 42.8 Å². The molecule has 5 heterocycles. The van der Waals surface area contributed by atoms with E-state index in [1.807, 2.05) is 0 Å². The Bertz CT molecular complexity index is 2000. The number of amides is 1. The van der Waals surface area contributed by atoms with E-state index in [0.29, 0.717) is 19.1 Å². The summed E-state index contributed by atoms with van der Waals surface area (Å²) >= 11 is 0.969. The predicted molar refractivity (Wildman–Crippen MR) is 172 cm³/mol. The topological polar surface area (TPSA) is 246 Å². The number of rotatable bonds is 7. The highest BCUT2D eigenvalue weighted by Gasteiger charge is 2.75. The number of hydrogen-bond donors (Lipinski definition) is 8. The Morgan fingerprint density at radius 2 is 1.74 bits per heavy atom. The quantitative estimate of drug-likeness (QED) is 0.0726. The van der Waals surface area contributed by atoms with Crippen molar-refractivity contribution in [3.8, 4) is 17.3 Å². The van der Waals surface area contributed by atoms with Crippen LogP contribution in [0.5, 0.6) is 0 Å². The van der Waals surface area contributed by atoms with Gasteiger partial charge in [-0.05, 0) is 36.8 Å². The summed E-state index contributed by atoms with van der Waals surface area (Å²) in [5.41, 5.74) is -3.14. The van der Waals surface area contributed by atoms with Crippen LogP contribution in [-0.4, -0.2) is 135 Å². The Hall–Kier alpha value is -4.34.